The Morgan fingerprint density at radius 3 is 2.59 bits per heavy atom. The van der Waals surface area contributed by atoms with Gasteiger partial charge >= 0.3 is 0 Å². The van der Waals surface area contributed by atoms with Gasteiger partial charge in [0.2, 0.25) is 0 Å². The van der Waals surface area contributed by atoms with Gasteiger partial charge in [-0.3, -0.25) is 20.3 Å². The van der Waals surface area contributed by atoms with Crippen molar-refractivity contribution in [3.8, 4) is 0 Å². The lowest BCUT2D eigenvalue weighted by atomic mass is 9.99. The SMILES string of the molecule is CN1C(=O)C(=N/Nc2ccccc2[N+](=O)[O-])/C(=N\O)C1(C)C. The first kappa shape index (κ1) is 15.4. The number of nitro benzene ring substituents is 1. The molecule has 1 amide bonds. The lowest BCUT2D eigenvalue weighted by Crippen LogP contribution is -2.41. The maximum absolute atomic E-state index is 12.2. The summed E-state index contributed by atoms with van der Waals surface area (Å²) in [7, 11) is 1.56. The van der Waals surface area contributed by atoms with Crippen LogP contribution < -0.4 is 5.43 Å². The molecular formula is C13H15N5O4. The number of hydrogen-bond donors (Lipinski definition) is 2. The number of oxime groups is 1. The number of hydrogen-bond acceptors (Lipinski definition) is 7. The normalized spacial score (nSPS) is 20.7. The fraction of sp³-hybridized carbons (Fsp3) is 0.308. The summed E-state index contributed by atoms with van der Waals surface area (Å²) in [6.45, 7) is 3.40. The van der Waals surface area contributed by atoms with Gasteiger partial charge in [0, 0.05) is 13.1 Å². The summed E-state index contributed by atoms with van der Waals surface area (Å²) in [4.78, 5) is 23.9. The van der Waals surface area contributed by atoms with Crippen LogP contribution >= 0.6 is 0 Å². The van der Waals surface area contributed by atoms with E-state index in [0.717, 1.165) is 0 Å². The van der Waals surface area contributed by atoms with Crippen LogP contribution in [-0.4, -0.2) is 44.9 Å². The molecule has 1 fully saturated rings. The molecule has 1 saturated heterocycles. The number of nitrogens with zero attached hydrogens (tertiary/aromatic N) is 4. The average molecular weight is 305 g/mol. The van der Waals surface area contributed by atoms with Crippen LogP contribution in [0, 0.1) is 10.1 Å². The Kier molecular flexibility index (Phi) is 3.81. The van der Waals surface area contributed by atoms with Crippen LogP contribution in [0.25, 0.3) is 0 Å². The number of likely N-dealkylation sites (tertiary alicyclic amines) is 1. The number of rotatable bonds is 3. The summed E-state index contributed by atoms with van der Waals surface area (Å²) in [5.74, 6) is -0.441. The van der Waals surface area contributed by atoms with E-state index in [1.165, 1.54) is 23.1 Å². The maximum atomic E-state index is 12.2. The maximum Gasteiger partial charge on any atom is 0.294 e. The number of nitrogens with one attached hydrogen (secondary N) is 1. The van der Waals surface area contributed by atoms with E-state index < -0.39 is 16.4 Å². The zero-order valence-electron chi connectivity index (χ0n) is 12.3. The first-order chi connectivity index (χ1) is 10.3. The predicted octanol–water partition coefficient (Wildman–Crippen LogP) is 1.44. The van der Waals surface area contributed by atoms with Gasteiger partial charge in [-0.05, 0) is 19.9 Å². The molecule has 1 aromatic carbocycles. The Balaban J connectivity index is 2.39. The van der Waals surface area contributed by atoms with Gasteiger partial charge in [-0.2, -0.15) is 5.10 Å². The van der Waals surface area contributed by atoms with Gasteiger partial charge in [0.25, 0.3) is 11.6 Å². The number of carbonyl (C=O) groups is 1. The molecule has 1 aliphatic heterocycles. The molecule has 0 unspecified atom stereocenters. The number of hydrazone groups is 1. The predicted molar refractivity (Wildman–Crippen MR) is 80.2 cm³/mol. The molecule has 116 valence electrons. The van der Waals surface area contributed by atoms with Crippen molar-refractivity contribution in [2.75, 3.05) is 12.5 Å². The number of benzene rings is 1. The summed E-state index contributed by atoms with van der Waals surface area (Å²) < 4.78 is 0. The van der Waals surface area contributed by atoms with Crippen LogP contribution in [0.1, 0.15) is 13.8 Å². The lowest BCUT2D eigenvalue weighted by molar-refractivity contribution is -0.384. The van der Waals surface area contributed by atoms with E-state index in [0.29, 0.717) is 0 Å². The van der Waals surface area contributed by atoms with Crippen LogP contribution in [0.5, 0.6) is 0 Å². The molecule has 0 saturated carbocycles. The molecule has 1 aliphatic rings. The third kappa shape index (κ3) is 2.36. The largest absolute Gasteiger partial charge is 0.411 e. The summed E-state index contributed by atoms with van der Waals surface area (Å²) >= 11 is 0. The summed E-state index contributed by atoms with van der Waals surface area (Å²) in [5, 5.41) is 27.1. The van der Waals surface area contributed by atoms with Crippen molar-refractivity contribution in [3.05, 3.63) is 34.4 Å². The van der Waals surface area contributed by atoms with E-state index >= 15 is 0 Å². The molecule has 9 heteroatoms. The van der Waals surface area contributed by atoms with E-state index in [-0.39, 0.29) is 22.8 Å². The second kappa shape index (κ2) is 5.43. The van der Waals surface area contributed by atoms with Crippen LogP contribution in [-0.2, 0) is 4.79 Å². The molecule has 0 atom stereocenters. The van der Waals surface area contributed by atoms with Gasteiger partial charge in [-0.15, -0.1) is 0 Å². The smallest absolute Gasteiger partial charge is 0.294 e. The Morgan fingerprint density at radius 1 is 1.36 bits per heavy atom. The van der Waals surface area contributed by atoms with Crippen LogP contribution in [0.4, 0.5) is 11.4 Å². The Labute approximate surface area is 126 Å². The Hall–Kier alpha value is -2.97. The molecule has 0 aliphatic carbocycles. The highest BCUT2D eigenvalue weighted by Gasteiger charge is 2.47. The van der Waals surface area contributed by atoms with Crippen molar-refractivity contribution in [2.24, 2.45) is 10.3 Å². The van der Waals surface area contributed by atoms with E-state index in [1.54, 1.807) is 27.0 Å². The van der Waals surface area contributed by atoms with Gasteiger partial charge in [0.1, 0.15) is 11.4 Å². The monoisotopic (exact) mass is 305 g/mol. The number of anilines is 1. The highest BCUT2D eigenvalue weighted by atomic mass is 16.6. The molecule has 9 nitrogen and oxygen atoms in total. The molecule has 1 aromatic rings. The van der Waals surface area contributed by atoms with Gasteiger partial charge in [0.15, 0.2) is 5.71 Å². The lowest BCUT2D eigenvalue weighted by Gasteiger charge is -2.25. The van der Waals surface area contributed by atoms with Crippen LogP contribution in [0.2, 0.25) is 0 Å². The Morgan fingerprint density at radius 2 is 2.00 bits per heavy atom. The first-order valence-corrected chi connectivity index (χ1v) is 6.39. The molecule has 22 heavy (non-hydrogen) atoms. The first-order valence-electron chi connectivity index (χ1n) is 6.39. The molecule has 0 radical (unpaired) electrons. The van der Waals surface area contributed by atoms with Gasteiger partial charge < -0.3 is 10.1 Å². The van der Waals surface area contributed by atoms with Crippen molar-refractivity contribution in [1.82, 2.24) is 4.90 Å². The van der Waals surface area contributed by atoms with Crippen molar-refractivity contribution < 1.29 is 14.9 Å². The molecule has 2 N–H and O–H groups in total. The second-order valence-electron chi connectivity index (χ2n) is 5.22. The van der Waals surface area contributed by atoms with Crippen molar-refractivity contribution in [2.45, 2.75) is 19.4 Å². The fourth-order valence-corrected chi connectivity index (χ4v) is 2.08. The fourth-order valence-electron chi connectivity index (χ4n) is 2.08. The summed E-state index contributed by atoms with van der Waals surface area (Å²) in [6, 6.07) is 5.90. The van der Waals surface area contributed by atoms with Crippen molar-refractivity contribution in [3.63, 3.8) is 0 Å². The van der Waals surface area contributed by atoms with E-state index in [2.05, 4.69) is 15.7 Å². The van der Waals surface area contributed by atoms with Gasteiger partial charge in [-0.1, -0.05) is 17.3 Å². The minimum absolute atomic E-state index is 0.0890. The average Bonchev–Trinajstić information content (AvgIpc) is 2.65. The molecular weight excluding hydrogens is 290 g/mol. The minimum Gasteiger partial charge on any atom is -0.411 e. The Bertz CT molecular complexity index is 695. The quantitative estimate of drug-likeness (QED) is 0.497. The van der Waals surface area contributed by atoms with Crippen molar-refractivity contribution >= 4 is 28.7 Å². The molecule has 0 spiro atoms. The minimum atomic E-state index is -0.824. The van der Waals surface area contributed by atoms with Crippen LogP contribution in [0.3, 0.4) is 0 Å². The third-order valence-corrected chi connectivity index (χ3v) is 3.64. The standard InChI is InChI=1S/C13H15N5O4/c1-13(2)11(16-20)10(12(19)17(13)3)15-14-8-6-4-5-7-9(8)18(21)22/h4-7,14,20H,1-3H3/b15-10+,16-11+. The number of para-hydroxylation sites is 2. The second-order valence-corrected chi connectivity index (χ2v) is 5.22. The number of nitro groups is 1. The topological polar surface area (TPSA) is 120 Å². The van der Waals surface area contributed by atoms with E-state index in [4.69, 9.17) is 5.21 Å². The van der Waals surface area contributed by atoms with Crippen LogP contribution in [0.15, 0.2) is 34.5 Å². The molecule has 0 aromatic heterocycles. The van der Waals surface area contributed by atoms with E-state index in [1.807, 2.05) is 0 Å². The van der Waals surface area contributed by atoms with Crippen molar-refractivity contribution in [1.29, 1.82) is 0 Å². The van der Waals surface area contributed by atoms with Gasteiger partial charge in [0.05, 0.1) is 10.5 Å². The summed E-state index contributed by atoms with van der Waals surface area (Å²) in [5.41, 5.74) is 1.63. The highest BCUT2D eigenvalue weighted by Crippen LogP contribution is 2.26. The van der Waals surface area contributed by atoms with E-state index in [9.17, 15) is 14.9 Å². The zero-order chi connectivity index (χ0) is 16.5. The number of amides is 1. The zero-order valence-corrected chi connectivity index (χ0v) is 12.3. The number of carbonyl (C=O) groups excluding carboxylic acids is 1. The highest BCUT2D eigenvalue weighted by molar-refractivity contribution is 6.71. The van der Waals surface area contributed by atoms with Gasteiger partial charge in [-0.25, -0.2) is 0 Å². The molecule has 1 heterocycles. The third-order valence-electron chi connectivity index (χ3n) is 3.64. The molecule has 0 bridgehead atoms. The molecule has 2 rings (SSSR count). The summed E-state index contributed by atoms with van der Waals surface area (Å²) in [6.07, 6.45) is 0.